The first-order chi connectivity index (χ1) is 8.84. The van der Waals surface area contributed by atoms with Gasteiger partial charge in [-0.05, 0) is 25.1 Å². The second kappa shape index (κ2) is 7.13. The van der Waals surface area contributed by atoms with Crippen LogP contribution in [0.15, 0.2) is 30.3 Å². The van der Waals surface area contributed by atoms with Crippen LogP contribution in [0.25, 0.3) is 0 Å². The quantitative estimate of drug-likeness (QED) is 0.863. The van der Waals surface area contributed by atoms with Crippen LogP contribution in [0.4, 0.5) is 5.69 Å². The standard InChI is InChI=1S/C14H20N2O2/c17-14(15-13-5-2-1-3-6-13)7-4-8-16-9-11-18-12-10-16/h1-3,5-6H,4,7-12H2,(H,15,17). The van der Waals surface area contributed by atoms with Crippen molar-refractivity contribution in [1.29, 1.82) is 0 Å². The van der Waals surface area contributed by atoms with Gasteiger partial charge in [0.25, 0.3) is 0 Å². The van der Waals surface area contributed by atoms with Crippen LogP contribution in [0.2, 0.25) is 0 Å². The van der Waals surface area contributed by atoms with Crippen molar-refractivity contribution in [3.63, 3.8) is 0 Å². The summed E-state index contributed by atoms with van der Waals surface area (Å²) in [6.07, 6.45) is 1.48. The van der Waals surface area contributed by atoms with Gasteiger partial charge in [0.2, 0.25) is 5.91 Å². The molecule has 0 radical (unpaired) electrons. The molecule has 0 bridgehead atoms. The molecule has 98 valence electrons. The summed E-state index contributed by atoms with van der Waals surface area (Å²) in [4.78, 5) is 14.0. The van der Waals surface area contributed by atoms with E-state index in [9.17, 15) is 4.79 Å². The maximum atomic E-state index is 11.7. The Morgan fingerprint density at radius 3 is 2.67 bits per heavy atom. The molecule has 1 fully saturated rings. The highest BCUT2D eigenvalue weighted by molar-refractivity contribution is 5.90. The average Bonchev–Trinajstić information content (AvgIpc) is 2.41. The first-order valence-corrected chi connectivity index (χ1v) is 6.49. The van der Waals surface area contributed by atoms with E-state index in [-0.39, 0.29) is 5.91 Å². The molecule has 1 heterocycles. The van der Waals surface area contributed by atoms with Gasteiger partial charge in [0.1, 0.15) is 0 Å². The molecular formula is C14H20N2O2. The number of carbonyl (C=O) groups is 1. The van der Waals surface area contributed by atoms with Crippen LogP contribution in [0.5, 0.6) is 0 Å². The van der Waals surface area contributed by atoms with E-state index in [1.807, 2.05) is 30.3 Å². The Morgan fingerprint density at radius 1 is 1.22 bits per heavy atom. The Labute approximate surface area is 108 Å². The van der Waals surface area contributed by atoms with Gasteiger partial charge in [-0.25, -0.2) is 0 Å². The normalized spacial score (nSPS) is 16.4. The third-order valence-electron chi connectivity index (χ3n) is 3.04. The minimum Gasteiger partial charge on any atom is -0.379 e. The molecule has 1 N–H and O–H groups in total. The van der Waals surface area contributed by atoms with E-state index in [2.05, 4.69) is 10.2 Å². The lowest BCUT2D eigenvalue weighted by Crippen LogP contribution is -2.37. The fourth-order valence-electron chi connectivity index (χ4n) is 2.03. The van der Waals surface area contributed by atoms with Crippen LogP contribution in [0.1, 0.15) is 12.8 Å². The Kier molecular flexibility index (Phi) is 5.17. The van der Waals surface area contributed by atoms with E-state index in [0.29, 0.717) is 6.42 Å². The summed E-state index contributed by atoms with van der Waals surface area (Å²) in [5, 5.41) is 2.90. The van der Waals surface area contributed by atoms with Crippen molar-refractivity contribution in [3.05, 3.63) is 30.3 Å². The van der Waals surface area contributed by atoms with Crippen molar-refractivity contribution in [2.75, 3.05) is 38.2 Å². The topological polar surface area (TPSA) is 41.6 Å². The van der Waals surface area contributed by atoms with Crippen molar-refractivity contribution in [3.8, 4) is 0 Å². The predicted molar refractivity (Wildman–Crippen MR) is 71.6 cm³/mol. The van der Waals surface area contributed by atoms with Crippen molar-refractivity contribution in [2.24, 2.45) is 0 Å². The van der Waals surface area contributed by atoms with Gasteiger partial charge in [-0.1, -0.05) is 18.2 Å². The highest BCUT2D eigenvalue weighted by atomic mass is 16.5. The molecule has 1 aliphatic rings. The molecule has 0 atom stereocenters. The fraction of sp³-hybridized carbons (Fsp3) is 0.500. The van der Waals surface area contributed by atoms with E-state index >= 15 is 0 Å². The number of nitrogens with one attached hydrogen (secondary N) is 1. The monoisotopic (exact) mass is 248 g/mol. The maximum Gasteiger partial charge on any atom is 0.224 e. The molecular weight excluding hydrogens is 228 g/mol. The highest BCUT2D eigenvalue weighted by Crippen LogP contribution is 2.06. The number of para-hydroxylation sites is 1. The highest BCUT2D eigenvalue weighted by Gasteiger charge is 2.10. The lowest BCUT2D eigenvalue weighted by molar-refractivity contribution is -0.116. The van der Waals surface area contributed by atoms with E-state index < -0.39 is 0 Å². The molecule has 0 unspecified atom stereocenters. The average molecular weight is 248 g/mol. The summed E-state index contributed by atoms with van der Waals surface area (Å²) in [5.74, 6) is 0.0921. The minimum atomic E-state index is 0.0921. The van der Waals surface area contributed by atoms with Crippen LogP contribution in [-0.4, -0.2) is 43.7 Å². The van der Waals surface area contributed by atoms with Crippen molar-refractivity contribution in [1.82, 2.24) is 4.90 Å². The number of amides is 1. The van der Waals surface area contributed by atoms with Crippen LogP contribution in [0.3, 0.4) is 0 Å². The number of hydrogen-bond donors (Lipinski definition) is 1. The van der Waals surface area contributed by atoms with Crippen molar-refractivity contribution < 1.29 is 9.53 Å². The molecule has 1 aromatic rings. The predicted octanol–water partition coefficient (Wildman–Crippen LogP) is 1.74. The van der Waals surface area contributed by atoms with Crippen LogP contribution < -0.4 is 5.32 Å². The van der Waals surface area contributed by atoms with Gasteiger partial charge < -0.3 is 10.1 Å². The van der Waals surface area contributed by atoms with Gasteiger partial charge in [-0.15, -0.1) is 0 Å². The molecule has 0 aromatic heterocycles. The van der Waals surface area contributed by atoms with Gasteiger partial charge in [0.15, 0.2) is 0 Å². The zero-order valence-corrected chi connectivity index (χ0v) is 10.6. The van der Waals surface area contributed by atoms with Gasteiger partial charge in [0.05, 0.1) is 13.2 Å². The number of nitrogens with zero attached hydrogens (tertiary/aromatic N) is 1. The van der Waals surface area contributed by atoms with E-state index in [1.165, 1.54) is 0 Å². The van der Waals surface area contributed by atoms with Gasteiger partial charge >= 0.3 is 0 Å². The molecule has 1 saturated heterocycles. The van der Waals surface area contributed by atoms with Crippen LogP contribution in [0, 0.1) is 0 Å². The molecule has 2 rings (SSSR count). The number of rotatable bonds is 5. The summed E-state index contributed by atoms with van der Waals surface area (Å²) in [5.41, 5.74) is 0.869. The Balaban J connectivity index is 1.62. The van der Waals surface area contributed by atoms with Crippen molar-refractivity contribution >= 4 is 11.6 Å². The van der Waals surface area contributed by atoms with Crippen LogP contribution >= 0.6 is 0 Å². The number of morpholine rings is 1. The first kappa shape index (κ1) is 13.1. The first-order valence-electron chi connectivity index (χ1n) is 6.49. The van der Waals surface area contributed by atoms with Crippen molar-refractivity contribution in [2.45, 2.75) is 12.8 Å². The van der Waals surface area contributed by atoms with Gasteiger partial charge in [0, 0.05) is 25.2 Å². The maximum absolute atomic E-state index is 11.7. The summed E-state index contributed by atoms with van der Waals surface area (Å²) >= 11 is 0. The number of anilines is 1. The third kappa shape index (κ3) is 4.47. The third-order valence-corrected chi connectivity index (χ3v) is 3.04. The fourth-order valence-corrected chi connectivity index (χ4v) is 2.03. The minimum absolute atomic E-state index is 0.0921. The van der Waals surface area contributed by atoms with E-state index in [4.69, 9.17) is 4.74 Å². The molecule has 1 aliphatic heterocycles. The smallest absolute Gasteiger partial charge is 0.224 e. The number of carbonyl (C=O) groups excluding carboxylic acids is 1. The van der Waals surface area contributed by atoms with Crippen LogP contribution in [-0.2, 0) is 9.53 Å². The second-order valence-electron chi connectivity index (χ2n) is 4.47. The lowest BCUT2D eigenvalue weighted by atomic mass is 10.2. The lowest BCUT2D eigenvalue weighted by Gasteiger charge is -2.26. The zero-order chi connectivity index (χ0) is 12.6. The molecule has 1 amide bonds. The molecule has 0 saturated carbocycles. The number of benzene rings is 1. The summed E-state index contributed by atoms with van der Waals surface area (Å²) in [7, 11) is 0. The number of hydrogen-bond acceptors (Lipinski definition) is 3. The van der Waals surface area contributed by atoms with E-state index in [1.54, 1.807) is 0 Å². The summed E-state index contributed by atoms with van der Waals surface area (Å²) in [6.45, 7) is 4.58. The summed E-state index contributed by atoms with van der Waals surface area (Å²) < 4.78 is 5.29. The molecule has 0 aliphatic carbocycles. The van der Waals surface area contributed by atoms with E-state index in [0.717, 1.165) is 45.0 Å². The second-order valence-corrected chi connectivity index (χ2v) is 4.47. The Morgan fingerprint density at radius 2 is 1.94 bits per heavy atom. The molecule has 4 heteroatoms. The van der Waals surface area contributed by atoms with Gasteiger partial charge in [-0.2, -0.15) is 0 Å². The SMILES string of the molecule is O=C(CCCN1CCOCC1)Nc1ccccc1. The zero-order valence-electron chi connectivity index (χ0n) is 10.6. The summed E-state index contributed by atoms with van der Waals surface area (Å²) in [6, 6.07) is 9.58. The molecule has 4 nitrogen and oxygen atoms in total. The Bertz CT molecular complexity index is 361. The largest absolute Gasteiger partial charge is 0.379 e. The molecule has 18 heavy (non-hydrogen) atoms. The van der Waals surface area contributed by atoms with Gasteiger partial charge in [-0.3, -0.25) is 9.69 Å². The molecule has 1 aromatic carbocycles. The Hall–Kier alpha value is -1.39. The number of ether oxygens (including phenoxy) is 1. The molecule has 0 spiro atoms.